The summed E-state index contributed by atoms with van der Waals surface area (Å²) in [4.78, 5) is 11.9. The Morgan fingerprint density at radius 3 is 2.32 bits per heavy atom. The van der Waals surface area contributed by atoms with Crippen LogP contribution in [0.2, 0.25) is 0 Å². The van der Waals surface area contributed by atoms with Crippen molar-refractivity contribution in [2.24, 2.45) is 0 Å². The van der Waals surface area contributed by atoms with Gasteiger partial charge in [0.1, 0.15) is 0 Å². The third-order valence-corrected chi connectivity index (χ3v) is 4.58. The first-order chi connectivity index (χ1) is 8.90. The minimum Gasteiger partial charge on any atom is -0.268 e. The monoisotopic (exact) mass is 277 g/mol. The standard InChI is InChI=1S/C14H15NO3S/c1-10(2)19(17,18)15-14(16)13-8-7-11-5-3-4-6-12(11)9-13/h3-10H,1-2H3,(H,15,16). The van der Waals surface area contributed by atoms with Crippen LogP contribution in [0.4, 0.5) is 0 Å². The van der Waals surface area contributed by atoms with Crippen molar-refractivity contribution in [1.29, 1.82) is 0 Å². The molecule has 0 bridgehead atoms. The molecule has 1 amide bonds. The summed E-state index contributed by atoms with van der Waals surface area (Å²) in [7, 11) is -3.60. The van der Waals surface area contributed by atoms with Crippen molar-refractivity contribution in [3.8, 4) is 0 Å². The number of carbonyl (C=O) groups excluding carboxylic acids is 1. The lowest BCUT2D eigenvalue weighted by Crippen LogP contribution is -2.35. The molecule has 0 fully saturated rings. The van der Waals surface area contributed by atoms with Crippen LogP contribution >= 0.6 is 0 Å². The number of benzene rings is 2. The third kappa shape index (κ3) is 2.93. The normalized spacial score (nSPS) is 11.7. The van der Waals surface area contributed by atoms with Crippen molar-refractivity contribution in [2.45, 2.75) is 19.1 Å². The molecule has 0 aromatic heterocycles. The van der Waals surface area contributed by atoms with E-state index >= 15 is 0 Å². The maximum atomic E-state index is 11.9. The average molecular weight is 277 g/mol. The van der Waals surface area contributed by atoms with Crippen molar-refractivity contribution in [1.82, 2.24) is 4.72 Å². The Morgan fingerprint density at radius 2 is 1.68 bits per heavy atom. The van der Waals surface area contributed by atoms with Crippen LogP contribution in [0, 0.1) is 0 Å². The minimum atomic E-state index is -3.60. The van der Waals surface area contributed by atoms with Crippen molar-refractivity contribution in [2.75, 3.05) is 0 Å². The van der Waals surface area contributed by atoms with Crippen LogP contribution in [0.5, 0.6) is 0 Å². The van der Waals surface area contributed by atoms with Crippen molar-refractivity contribution in [3.63, 3.8) is 0 Å². The number of rotatable bonds is 3. The lowest BCUT2D eigenvalue weighted by Gasteiger charge is -2.09. The van der Waals surface area contributed by atoms with Gasteiger partial charge in [0.05, 0.1) is 5.25 Å². The molecule has 0 aliphatic carbocycles. The van der Waals surface area contributed by atoms with Crippen LogP contribution in [-0.4, -0.2) is 19.6 Å². The molecule has 100 valence electrons. The van der Waals surface area contributed by atoms with Crippen LogP contribution < -0.4 is 4.72 Å². The van der Waals surface area contributed by atoms with E-state index in [-0.39, 0.29) is 0 Å². The molecule has 1 N–H and O–H groups in total. The van der Waals surface area contributed by atoms with E-state index in [9.17, 15) is 13.2 Å². The second kappa shape index (κ2) is 5.01. The molecule has 0 saturated carbocycles. The van der Waals surface area contributed by atoms with Crippen LogP contribution in [0.3, 0.4) is 0 Å². The van der Waals surface area contributed by atoms with Gasteiger partial charge in [-0.05, 0) is 36.8 Å². The van der Waals surface area contributed by atoms with Gasteiger partial charge in [0.25, 0.3) is 5.91 Å². The van der Waals surface area contributed by atoms with Crippen molar-refractivity contribution in [3.05, 3.63) is 48.0 Å². The fourth-order valence-corrected chi connectivity index (χ4v) is 2.25. The van der Waals surface area contributed by atoms with Crippen LogP contribution in [0.15, 0.2) is 42.5 Å². The SMILES string of the molecule is CC(C)S(=O)(=O)NC(=O)c1ccc2ccccc2c1. The lowest BCUT2D eigenvalue weighted by molar-refractivity contribution is 0.0981. The molecule has 0 saturated heterocycles. The summed E-state index contributed by atoms with van der Waals surface area (Å²) in [6.45, 7) is 3.05. The second-order valence-corrected chi connectivity index (χ2v) is 6.82. The number of nitrogens with one attached hydrogen (secondary N) is 1. The predicted octanol–water partition coefficient (Wildman–Crippen LogP) is 2.31. The molecular formula is C14H15NO3S. The number of fused-ring (bicyclic) bond motifs is 1. The number of amides is 1. The van der Waals surface area contributed by atoms with Gasteiger partial charge >= 0.3 is 0 Å². The van der Waals surface area contributed by atoms with Gasteiger partial charge in [-0.1, -0.05) is 30.3 Å². The molecule has 0 radical (unpaired) electrons. The Kier molecular flexibility index (Phi) is 3.57. The molecule has 4 nitrogen and oxygen atoms in total. The zero-order chi connectivity index (χ0) is 14.0. The summed E-state index contributed by atoms with van der Waals surface area (Å²) in [5.74, 6) is -0.598. The predicted molar refractivity (Wildman–Crippen MR) is 75.5 cm³/mol. The second-order valence-electron chi connectivity index (χ2n) is 4.59. The molecule has 2 aromatic rings. The molecule has 2 rings (SSSR count). The summed E-state index contributed by atoms with van der Waals surface area (Å²) in [6, 6.07) is 12.7. The van der Waals surface area contributed by atoms with Gasteiger partial charge < -0.3 is 0 Å². The number of hydrogen-bond donors (Lipinski definition) is 1. The highest BCUT2D eigenvalue weighted by molar-refractivity contribution is 7.90. The number of hydrogen-bond acceptors (Lipinski definition) is 3. The van der Waals surface area contributed by atoms with E-state index in [1.165, 1.54) is 13.8 Å². The molecule has 19 heavy (non-hydrogen) atoms. The summed E-state index contributed by atoms with van der Waals surface area (Å²) in [5.41, 5.74) is 0.336. The Balaban J connectivity index is 2.32. The van der Waals surface area contributed by atoms with Gasteiger partial charge in [-0.25, -0.2) is 13.1 Å². The van der Waals surface area contributed by atoms with E-state index in [0.29, 0.717) is 5.56 Å². The van der Waals surface area contributed by atoms with Crippen LogP contribution in [0.25, 0.3) is 10.8 Å². The van der Waals surface area contributed by atoms with Crippen molar-refractivity contribution >= 4 is 26.7 Å². The van der Waals surface area contributed by atoms with E-state index in [1.807, 2.05) is 24.3 Å². The smallest absolute Gasteiger partial charge is 0.264 e. The number of carbonyl (C=O) groups is 1. The summed E-state index contributed by atoms with van der Waals surface area (Å²) in [6.07, 6.45) is 0. The first kappa shape index (κ1) is 13.5. The summed E-state index contributed by atoms with van der Waals surface area (Å²) in [5, 5.41) is 1.26. The van der Waals surface area contributed by atoms with Gasteiger partial charge in [-0.3, -0.25) is 4.79 Å². The average Bonchev–Trinajstić information content (AvgIpc) is 2.37. The van der Waals surface area contributed by atoms with Crippen LogP contribution in [-0.2, 0) is 10.0 Å². The molecule has 0 heterocycles. The molecular weight excluding hydrogens is 262 g/mol. The maximum absolute atomic E-state index is 11.9. The van der Waals surface area contributed by atoms with Gasteiger partial charge in [0, 0.05) is 5.56 Å². The highest BCUT2D eigenvalue weighted by Gasteiger charge is 2.19. The largest absolute Gasteiger partial charge is 0.268 e. The summed E-state index contributed by atoms with van der Waals surface area (Å²) >= 11 is 0. The highest BCUT2D eigenvalue weighted by atomic mass is 32.2. The fraction of sp³-hybridized carbons (Fsp3) is 0.214. The van der Waals surface area contributed by atoms with Gasteiger partial charge in [0.15, 0.2) is 0 Å². The molecule has 0 spiro atoms. The Morgan fingerprint density at radius 1 is 1.05 bits per heavy atom. The molecule has 2 aromatic carbocycles. The molecule has 5 heteroatoms. The maximum Gasteiger partial charge on any atom is 0.264 e. The molecule has 0 unspecified atom stereocenters. The zero-order valence-corrected chi connectivity index (χ0v) is 11.6. The Hall–Kier alpha value is -1.88. The van der Waals surface area contributed by atoms with Gasteiger partial charge in [0.2, 0.25) is 10.0 Å². The molecule has 0 aliphatic heterocycles. The van der Waals surface area contributed by atoms with Gasteiger partial charge in [-0.15, -0.1) is 0 Å². The quantitative estimate of drug-likeness (QED) is 0.936. The number of sulfonamides is 1. The van der Waals surface area contributed by atoms with E-state index < -0.39 is 21.2 Å². The van der Waals surface area contributed by atoms with Crippen LogP contribution in [0.1, 0.15) is 24.2 Å². The Labute approximate surface area is 112 Å². The lowest BCUT2D eigenvalue weighted by atomic mass is 10.1. The van der Waals surface area contributed by atoms with E-state index in [0.717, 1.165) is 10.8 Å². The minimum absolute atomic E-state index is 0.336. The van der Waals surface area contributed by atoms with E-state index in [2.05, 4.69) is 4.72 Å². The van der Waals surface area contributed by atoms with Gasteiger partial charge in [-0.2, -0.15) is 0 Å². The highest BCUT2D eigenvalue weighted by Crippen LogP contribution is 2.15. The first-order valence-corrected chi connectivity index (χ1v) is 7.49. The fourth-order valence-electron chi connectivity index (χ4n) is 1.64. The van der Waals surface area contributed by atoms with E-state index in [1.54, 1.807) is 18.2 Å². The first-order valence-electron chi connectivity index (χ1n) is 5.95. The van der Waals surface area contributed by atoms with Crippen molar-refractivity contribution < 1.29 is 13.2 Å². The topological polar surface area (TPSA) is 63.2 Å². The zero-order valence-electron chi connectivity index (χ0n) is 10.8. The molecule has 0 aliphatic rings. The third-order valence-electron chi connectivity index (χ3n) is 2.87. The summed E-state index contributed by atoms with van der Waals surface area (Å²) < 4.78 is 25.4. The van der Waals surface area contributed by atoms with E-state index in [4.69, 9.17) is 0 Å². The molecule has 0 atom stereocenters. The Bertz CT molecular complexity index is 720.